The van der Waals surface area contributed by atoms with Gasteiger partial charge in [-0.25, -0.2) is 4.98 Å². The van der Waals surface area contributed by atoms with Crippen LogP contribution in [0.25, 0.3) is 0 Å². The number of piperidine rings is 1. The van der Waals surface area contributed by atoms with Gasteiger partial charge in [-0.1, -0.05) is 13.3 Å². The molecule has 1 amide bonds. The monoisotopic (exact) mass is 307 g/mol. The summed E-state index contributed by atoms with van der Waals surface area (Å²) in [5, 5.41) is 23.0. The number of likely N-dealkylation sites (tertiary alicyclic amines) is 1. The summed E-state index contributed by atoms with van der Waals surface area (Å²) in [4.78, 5) is 18.7. The summed E-state index contributed by atoms with van der Waals surface area (Å²) in [5.41, 5.74) is -0.102. The highest BCUT2D eigenvalue weighted by atomic mass is 16.3. The largest absolute Gasteiger partial charge is 0.396 e. The lowest BCUT2D eigenvalue weighted by Gasteiger charge is -2.45. The van der Waals surface area contributed by atoms with E-state index < -0.39 is 11.5 Å². The minimum Gasteiger partial charge on any atom is -0.396 e. The molecule has 0 unspecified atom stereocenters. The third kappa shape index (κ3) is 3.08. The van der Waals surface area contributed by atoms with Gasteiger partial charge in [-0.3, -0.25) is 4.79 Å². The molecule has 0 aliphatic carbocycles. The highest BCUT2D eigenvalue weighted by molar-refractivity contribution is 5.98. The van der Waals surface area contributed by atoms with Crippen molar-refractivity contribution in [1.29, 1.82) is 0 Å². The Morgan fingerprint density at radius 1 is 1.59 bits per heavy atom. The molecule has 1 aromatic heterocycles. The van der Waals surface area contributed by atoms with Crippen molar-refractivity contribution >= 4 is 11.7 Å². The SMILES string of the molecule is CCC[C@@]1(CO)CN(C(=O)c2cccnc2NC)CC[C@H]1O. The van der Waals surface area contributed by atoms with Gasteiger partial charge in [0.2, 0.25) is 0 Å². The Kier molecular flexibility index (Phi) is 5.37. The van der Waals surface area contributed by atoms with Gasteiger partial charge in [-0.2, -0.15) is 0 Å². The summed E-state index contributed by atoms with van der Waals surface area (Å²) in [6.07, 6.45) is 3.10. The van der Waals surface area contributed by atoms with Gasteiger partial charge < -0.3 is 20.4 Å². The molecule has 2 rings (SSSR count). The zero-order chi connectivity index (χ0) is 16.2. The summed E-state index contributed by atoms with van der Waals surface area (Å²) in [7, 11) is 1.73. The number of carbonyl (C=O) groups excluding carboxylic acids is 1. The van der Waals surface area contributed by atoms with E-state index >= 15 is 0 Å². The molecule has 1 aliphatic rings. The number of anilines is 1. The first-order valence-electron chi connectivity index (χ1n) is 7.79. The van der Waals surface area contributed by atoms with Crippen LogP contribution in [0.3, 0.4) is 0 Å². The van der Waals surface area contributed by atoms with Crippen molar-refractivity contribution in [2.24, 2.45) is 5.41 Å². The normalized spacial score (nSPS) is 25.1. The van der Waals surface area contributed by atoms with Crippen molar-refractivity contribution in [2.75, 3.05) is 32.1 Å². The van der Waals surface area contributed by atoms with Gasteiger partial charge in [0.1, 0.15) is 5.82 Å². The molecule has 1 aliphatic heterocycles. The van der Waals surface area contributed by atoms with Crippen LogP contribution >= 0.6 is 0 Å². The number of aromatic nitrogens is 1. The molecule has 2 atom stereocenters. The van der Waals surface area contributed by atoms with Crippen molar-refractivity contribution in [3.63, 3.8) is 0 Å². The lowest BCUT2D eigenvalue weighted by Crippen LogP contribution is -2.55. The lowest BCUT2D eigenvalue weighted by atomic mass is 9.74. The highest BCUT2D eigenvalue weighted by Gasteiger charge is 2.43. The third-order valence-corrected chi connectivity index (χ3v) is 4.51. The van der Waals surface area contributed by atoms with Crippen molar-refractivity contribution in [2.45, 2.75) is 32.3 Å². The number of nitrogens with one attached hydrogen (secondary N) is 1. The Morgan fingerprint density at radius 3 is 3.00 bits per heavy atom. The van der Waals surface area contributed by atoms with E-state index in [1.807, 2.05) is 6.92 Å². The van der Waals surface area contributed by atoms with Gasteiger partial charge in [-0.15, -0.1) is 0 Å². The van der Waals surface area contributed by atoms with E-state index in [0.29, 0.717) is 37.3 Å². The van der Waals surface area contributed by atoms with Crippen molar-refractivity contribution in [3.05, 3.63) is 23.9 Å². The Morgan fingerprint density at radius 2 is 2.36 bits per heavy atom. The number of hydrogen-bond donors (Lipinski definition) is 3. The van der Waals surface area contributed by atoms with E-state index in [1.165, 1.54) is 0 Å². The van der Waals surface area contributed by atoms with E-state index in [-0.39, 0.29) is 12.5 Å². The van der Waals surface area contributed by atoms with Crippen LogP contribution in [0.2, 0.25) is 0 Å². The first kappa shape index (κ1) is 16.7. The number of nitrogens with zero attached hydrogens (tertiary/aromatic N) is 2. The highest BCUT2D eigenvalue weighted by Crippen LogP contribution is 2.35. The van der Waals surface area contributed by atoms with E-state index in [4.69, 9.17) is 0 Å². The van der Waals surface area contributed by atoms with Crippen LogP contribution in [0.4, 0.5) is 5.82 Å². The smallest absolute Gasteiger partial charge is 0.257 e. The van der Waals surface area contributed by atoms with Crippen LogP contribution < -0.4 is 5.32 Å². The number of amides is 1. The summed E-state index contributed by atoms with van der Waals surface area (Å²) in [5.74, 6) is 0.432. The van der Waals surface area contributed by atoms with E-state index in [9.17, 15) is 15.0 Å². The van der Waals surface area contributed by atoms with Crippen molar-refractivity contribution < 1.29 is 15.0 Å². The van der Waals surface area contributed by atoms with Crippen LogP contribution in [0.5, 0.6) is 0 Å². The first-order chi connectivity index (χ1) is 10.6. The van der Waals surface area contributed by atoms with Crippen molar-refractivity contribution in [3.8, 4) is 0 Å². The predicted octanol–water partition coefficient (Wildman–Crippen LogP) is 1.11. The second-order valence-electron chi connectivity index (χ2n) is 5.95. The molecule has 22 heavy (non-hydrogen) atoms. The quantitative estimate of drug-likeness (QED) is 0.759. The number of rotatable bonds is 5. The van der Waals surface area contributed by atoms with E-state index in [2.05, 4.69) is 10.3 Å². The molecule has 2 heterocycles. The van der Waals surface area contributed by atoms with Crippen LogP contribution in [0, 0.1) is 5.41 Å². The first-order valence-corrected chi connectivity index (χ1v) is 7.79. The molecule has 0 spiro atoms. The molecule has 0 saturated carbocycles. The van der Waals surface area contributed by atoms with Crippen LogP contribution in [0.15, 0.2) is 18.3 Å². The molecule has 6 heteroatoms. The Labute approximate surface area is 131 Å². The zero-order valence-corrected chi connectivity index (χ0v) is 13.2. The summed E-state index contributed by atoms with van der Waals surface area (Å²) in [6, 6.07) is 3.48. The summed E-state index contributed by atoms with van der Waals surface area (Å²) < 4.78 is 0. The number of carbonyl (C=O) groups is 1. The second-order valence-corrected chi connectivity index (χ2v) is 5.95. The summed E-state index contributed by atoms with van der Waals surface area (Å²) >= 11 is 0. The third-order valence-electron chi connectivity index (χ3n) is 4.51. The van der Waals surface area contributed by atoms with Gasteiger partial charge in [0.15, 0.2) is 0 Å². The molecule has 1 saturated heterocycles. The number of hydrogen-bond acceptors (Lipinski definition) is 5. The molecular formula is C16H25N3O3. The molecule has 122 valence electrons. The standard InChI is InChI=1S/C16H25N3O3/c1-3-7-16(11-20)10-19(9-6-13(16)21)15(22)12-5-4-8-18-14(12)17-2/h4-5,8,13,20-21H,3,6-7,9-11H2,1-2H3,(H,17,18)/t13-,16+/m1/s1. The number of aliphatic hydroxyl groups excluding tert-OH is 2. The van der Waals surface area contributed by atoms with Gasteiger partial charge in [0.25, 0.3) is 5.91 Å². The Hall–Kier alpha value is -1.66. The maximum Gasteiger partial charge on any atom is 0.257 e. The van der Waals surface area contributed by atoms with E-state index in [0.717, 1.165) is 6.42 Å². The maximum absolute atomic E-state index is 12.8. The maximum atomic E-state index is 12.8. The number of pyridine rings is 1. The fourth-order valence-corrected chi connectivity index (χ4v) is 3.25. The molecular weight excluding hydrogens is 282 g/mol. The topological polar surface area (TPSA) is 85.7 Å². The van der Waals surface area contributed by atoms with Gasteiger partial charge >= 0.3 is 0 Å². The fraction of sp³-hybridized carbons (Fsp3) is 0.625. The van der Waals surface area contributed by atoms with Gasteiger partial charge in [-0.05, 0) is 25.0 Å². The average Bonchev–Trinajstić information content (AvgIpc) is 2.56. The predicted molar refractivity (Wildman–Crippen MR) is 84.7 cm³/mol. The molecule has 0 aromatic carbocycles. The molecule has 0 bridgehead atoms. The number of aliphatic hydroxyl groups is 2. The van der Waals surface area contributed by atoms with Crippen LogP contribution in [-0.2, 0) is 0 Å². The summed E-state index contributed by atoms with van der Waals surface area (Å²) in [6.45, 7) is 2.77. The molecule has 0 radical (unpaired) electrons. The molecule has 6 nitrogen and oxygen atoms in total. The fourth-order valence-electron chi connectivity index (χ4n) is 3.25. The molecule has 1 fully saturated rings. The van der Waals surface area contributed by atoms with Crippen molar-refractivity contribution in [1.82, 2.24) is 9.88 Å². The molecule has 3 N–H and O–H groups in total. The van der Waals surface area contributed by atoms with E-state index in [1.54, 1.807) is 30.3 Å². The zero-order valence-electron chi connectivity index (χ0n) is 13.2. The minimum absolute atomic E-state index is 0.113. The lowest BCUT2D eigenvalue weighted by molar-refractivity contribution is -0.0720. The minimum atomic E-state index is -0.620. The van der Waals surface area contributed by atoms with Gasteiger partial charge in [0, 0.05) is 31.7 Å². The van der Waals surface area contributed by atoms with Crippen LogP contribution in [0.1, 0.15) is 36.5 Å². The van der Waals surface area contributed by atoms with Gasteiger partial charge in [0.05, 0.1) is 18.3 Å². The molecule has 1 aromatic rings. The Bertz CT molecular complexity index is 523. The second kappa shape index (κ2) is 7.07. The Balaban J connectivity index is 2.23. The van der Waals surface area contributed by atoms with Crippen LogP contribution in [-0.4, -0.2) is 58.9 Å². The average molecular weight is 307 g/mol.